The molecule has 1 aliphatic heterocycles. The lowest BCUT2D eigenvalue weighted by Gasteiger charge is -1.99. The zero-order valence-electron chi connectivity index (χ0n) is 8.66. The molecule has 0 amide bonds. The number of hydrogen-bond acceptors (Lipinski definition) is 2. The van der Waals surface area contributed by atoms with E-state index in [-0.39, 0.29) is 0 Å². The molecule has 1 heterocycles. The summed E-state index contributed by atoms with van der Waals surface area (Å²) in [6, 6.07) is 8.60. The smallest absolute Gasteiger partial charge is 0.0985 e. The lowest BCUT2D eigenvalue weighted by atomic mass is 10.1. The molecule has 1 nitrogen and oxygen atoms in total. The van der Waals surface area contributed by atoms with Crippen molar-refractivity contribution in [1.82, 2.24) is 0 Å². The van der Waals surface area contributed by atoms with E-state index in [2.05, 4.69) is 43.1 Å². The normalized spacial score (nSPS) is 22.7. The van der Waals surface area contributed by atoms with Crippen LogP contribution in [0, 0.1) is 0 Å². The van der Waals surface area contributed by atoms with Crippen LogP contribution in [-0.2, 0) is 0 Å². The first-order valence-corrected chi connectivity index (χ1v) is 6.01. The summed E-state index contributed by atoms with van der Waals surface area (Å²) in [5, 5.41) is 1.80. The first-order valence-electron chi connectivity index (χ1n) is 5.13. The van der Waals surface area contributed by atoms with Gasteiger partial charge < -0.3 is 0 Å². The molecule has 1 atom stereocenters. The first-order chi connectivity index (χ1) is 6.83. The molecule has 0 N–H and O–H groups in total. The van der Waals surface area contributed by atoms with Gasteiger partial charge in [0.05, 0.1) is 5.04 Å². The van der Waals surface area contributed by atoms with Crippen molar-refractivity contribution >= 4 is 16.8 Å². The summed E-state index contributed by atoms with van der Waals surface area (Å²) in [5.41, 5.74) is 2.78. The van der Waals surface area contributed by atoms with Gasteiger partial charge in [-0.2, -0.15) is 0 Å². The number of benzene rings is 1. The Balaban J connectivity index is 2.34. The first kappa shape index (κ1) is 9.78. The SMILES string of the molecule is CCCN=C1SC(C)c2ccccc21. The van der Waals surface area contributed by atoms with E-state index in [0.717, 1.165) is 13.0 Å². The molecule has 2 heteroatoms. The van der Waals surface area contributed by atoms with Crippen molar-refractivity contribution in [2.24, 2.45) is 4.99 Å². The highest BCUT2D eigenvalue weighted by Crippen LogP contribution is 2.41. The van der Waals surface area contributed by atoms with Crippen LogP contribution < -0.4 is 0 Å². The third-order valence-electron chi connectivity index (χ3n) is 2.40. The molecule has 74 valence electrons. The Labute approximate surface area is 89.6 Å². The van der Waals surface area contributed by atoms with E-state index in [0.29, 0.717) is 5.25 Å². The predicted molar refractivity (Wildman–Crippen MR) is 64.1 cm³/mol. The number of fused-ring (bicyclic) bond motifs is 1. The predicted octanol–water partition coefficient (Wildman–Crippen LogP) is 3.65. The molecule has 0 spiro atoms. The number of aliphatic imine (C=N–C) groups is 1. The third-order valence-corrected chi connectivity index (χ3v) is 3.58. The fourth-order valence-corrected chi connectivity index (χ4v) is 2.82. The summed E-state index contributed by atoms with van der Waals surface area (Å²) in [4.78, 5) is 4.61. The van der Waals surface area contributed by atoms with Crippen molar-refractivity contribution in [1.29, 1.82) is 0 Å². The number of nitrogens with zero attached hydrogens (tertiary/aromatic N) is 1. The molecule has 0 saturated carbocycles. The van der Waals surface area contributed by atoms with Crippen LogP contribution in [0.25, 0.3) is 0 Å². The highest BCUT2D eigenvalue weighted by molar-refractivity contribution is 8.15. The minimum atomic E-state index is 0.571. The molecule has 1 aromatic carbocycles. The van der Waals surface area contributed by atoms with Gasteiger partial charge in [0, 0.05) is 17.4 Å². The molecular weight excluding hydrogens is 190 g/mol. The quantitative estimate of drug-likeness (QED) is 0.718. The van der Waals surface area contributed by atoms with Crippen molar-refractivity contribution in [2.45, 2.75) is 25.5 Å². The molecule has 0 bridgehead atoms. The minimum Gasteiger partial charge on any atom is -0.278 e. The Hall–Kier alpha value is -0.760. The van der Waals surface area contributed by atoms with Crippen LogP contribution in [-0.4, -0.2) is 11.6 Å². The largest absolute Gasteiger partial charge is 0.278 e. The van der Waals surface area contributed by atoms with Gasteiger partial charge in [-0.1, -0.05) is 43.0 Å². The zero-order valence-corrected chi connectivity index (χ0v) is 9.47. The Morgan fingerprint density at radius 3 is 2.93 bits per heavy atom. The van der Waals surface area contributed by atoms with Crippen LogP contribution >= 0.6 is 11.8 Å². The fraction of sp³-hybridized carbons (Fsp3) is 0.417. The second-order valence-electron chi connectivity index (χ2n) is 3.53. The van der Waals surface area contributed by atoms with Crippen molar-refractivity contribution in [2.75, 3.05) is 6.54 Å². The summed E-state index contributed by atoms with van der Waals surface area (Å²) in [5.74, 6) is 0. The van der Waals surface area contributed by atoms with E-state index >= 15 is 0 Å². The van der Waals surface area contributed by atoms with E-state index in [1.807, 2.05) is 11.8 Å². The summed E-state index contributed by atoms with van der Waals surface area (Å²) in [6.45, 7) is 5.36. The van der Waals surface area contributed by atoms with Gasteiger partial charge in [-0.3, -0.25) is 4.99 Å². The third kappa shape index (κ3) is 1.71. The standard InChI is InChI=1S/C12H15NS/c1-3-8-13-12-11-7-5-4-6-10(11)9(2)14-12/h4-7,9H,3,8H2,1-2H3. The van der Waals surface area contributed by atoms with Gasteiger partial charge >= 0.3 is 0 Å². The Kier molecular flexibility index (Phi) is 2.92. The van der Waals surface area contributed by atoms with Crippen LogP contribution in [0.15, 0.2) is 29.3 Å². The monoisotopic (exact) mass is 205 g/mol. The van der Waals surface area contributed by atoms with E-state index in [4.69, 9.17) is 0 Å². The maximum absolute atomic E-state index is 4.61. The highest BCUT2D eigenvalue weighted by Gasteiger charge is 2.23. The van der Waals surface area contributed by atoms with E-state index < -0.39 is 0 Å². The van der Waals surface area contributed by atoms with E-state index in [9.17, 15) is 0 Å². The molecule has 0 aromatic heterocycles. The van der Waals surface area contributed by atoms with Crippen molar-refractivity contribution < 1.29 is 0 Å². The van der Waals surface area contributed by atoms with Crippen LogP contribution in [0.4, 0.5) is 0 Å². The van der Waals surface area contributed by atoms with E-state index in [1.54, 1.807) is 0 Å². The molecule has 2 rings (SSSR count). The average molecular weight is 205 g/mol. The maximum Gasteiger partial charge on any atom is 0.0985 e. The summed E-state index contributed by atoms with van der Waals surface area (Å²) in [7, 11) is 0. The van der Waals surface area contributed by atoms with Crippen LogP contribution in [0.5, 0.6) is 0 Å². The molecule has 1 unspecified atom stereocenters. The zero-order chi connectivity index (χ0) is 9.97. The van der Waals surface area contributed by atoms with Gasteiger partial charge in [0.2, 0.25) is 0 Å². The fourth-order valence-electron chi connectivity index (χ4n) is 1.68. The van der Waals surface area contributed by atoms with Gasteiger partial charge in [0.1, 0.15) is 0 Å². The Morgan fingerprint density at radius 2 is 2.14 bits per heavy atom. The second-order valence-corrected chi connectivity index (χ2v) is 4.86. The number of rotatable bonds is 2. The van der Waals surface area contributed by atoms with Gasteiger partial charge in [0.25, 0.3) is 0 Å². The average Bonchev–Trinajstić information content (AvgIpc) is 2.54. The molecule has 0 saturated heterocycles. The number of thioether (sulfide) groups is 1. The van der Waals surface area contributed by atoms with Gasteiger partial charge in [-0.15, -0.1) is 0 Å². The lowest BCUT2D eigenvalue weighted by Crippen LogP contribution is -1.92. The molecule has 0 fully saturated rings. The highest BCUT2D eigenvalue weighted by atomic mass is 32.2. The Bertz CT molecular complexity index is 357. The van der Waals surface area contributed by atoms with E-state index in [1.165, 1.54) is 16.2 Å². The van der Waals surface area contributed by atoms with Crippen LogP contribution in [0.3, 0.4) is 0 Å². The van der Waals surface area contributed by atoms with Gasteiger partial charge in [-0.05, 0) is 18.9 Å². The molecule has 1 aliphatic rings. The maximum atomic E-state index is 4.61. The summed E-state index contributed by atoms with van der Waals surface area (Å²) >= 11 is 1.88. The van der Waals surface area contributed by atoms with Crippen molar-refractivity contribution in [3.8, 4) is 0 Å². The topological polar surface area (TPSA) is 12.4 Å². The molecular formula is C12H15NS. The second kappa shape index (κ2) is 4.18. The molecule has 0 aliphatic carbocycles. The number of hydrogen-bond donors (Lipinski definition) is 0. The molecule has 1 aromatic rings. The van der Waals surface area contributed by atoms with Crippen molar-refractivity contribution in [3.05, 3.63) is 35.4 Å². The molecule has 0 radical (unpaired) electrons. The van der Waals surface area contributed by atoms with Gasteiger partial charge in [0.15, 0.2) is 0 Å². The summed E-state index contributed by atoms with van der Waals surface area (Å²) in [6.07, 6.45) is 1.13. The Morgan fingerprint density at radius 1 is 1.36 bits per heavy atom. The van der Waals surface area contributed by atoms with Gasteiger partial charge in [-0.25, -0.2) is 0 Å². The van der Waals surface area contributed by atoms with Crippen molar-refractivity contribution in [3.63, 3.8) is 0 Å². The minimum absolute atomic E-state index is 0.571. The molecule has 14 heavy (non-hydrogen) atoms. The van der Waals surface area contributed by atoms with Crippen LogP contribution in [0.1, 0.15) is 36.6 Å². The summed E-state index contributed by atoms with van der Waals surface area (Å²) < 4.78 is 0. The lowest BCUT2D eigenvalue weighted by molar-refractivity contribution is 0.936. The van der Waals surface area contributed by atoms with Crippen LogP contribution in [0.2, 0.25) is 0 Å².